The summed E-state index contributed by atoms with van der Waals surface area (Å²) in [6, 6.07) is 39.7. The summed E-state index contributed by atoms with van der Waals surface area (Å²) in [5.74, 6) is -0.0795. The molecule has 6 aromatic rings. The summed E-state index contributed by atoms with van der Waals surface area (Å²) in [4.78, 5) is 36.9. The molecule has 13 nitrogen and oxygen atoms in total. The average molecular weight is 1030 g/mol. The highest BCUT2D eigenvalue weighted by molar-refractivity contribution is 5.79. The van der Waals surface area contributed by atoms with Gasteiger partial charge in [0.25, 0.3) is 0 Å². The summed E-state index contributed by atoms with van der Waals surface area (Å²) in [7, 11) is 0. The number of piperidine rings is 2. The van der Waals surface area contributed by atoms with E-state index in [1.807, 2.05) is 60.7 Å². The standard InChI is InChI=1S/C27H28F3N3O3.C14H19NO3.C13H11F3N2O.CH4/c28-27(29,30)36-23-10-6-7-21(19-23)25(24-11-4-5-14-31-24)32-26(34)20-12-15-33(16-13-20)17-18-35-22-8-2-1-3-9-22;16-14(17)12-6-8-15(9-7-12)10-11-18-13-4-2-1-3-5-13;14-13(15,16)19-10-5-3-4-9(8-10)12(17)11-6-1-2-7-18-11;/h1-11,14,19-20,25H,12-13,15-18H2,(H,32,34);1-5,12H,6-11H2,(H,16,17);1-8,12H,17H2;1H4. The molecule has 4 heterocycles. The molecule has 0 radical (unpaired) electrons. The predicted octanol–water partition coefficient (Wildman–Crippen LogP) is 10.5. The van der Waals surface area contributed by atoms with Crippen molar-refractivity contribution in [3.8, 4) is 23.0 Å². The molecule has 4 aromatic carbocycles. The van der Waals surface area contributed by atoms with Gasteiger partial charge in [0.05, 0.1) is 29.4 Å². The first-order valence-electron chi connectivity index (χ1n) is 23.7. The Morgan fingerprint density at radius 2 is 1.00 bits per heavy atom. The SMILES string of the molecule is C.NC(c1cccc(OC(F)(F)F)c1)c1ccccn1.O=C(NC(c1cccc(OC(F)(F)F)c1)c1ccccn1)C1CCN(CCOc2ccccc2)CC1.O=C(O)C1CCN(CCOc2ccccc2)CC1. The highest BCUT2D eigenvalue weighted by Crippen LogP contribution is 2.30. The molecule has 74 heavy (non-hydrogen) atoms. The Bertz CT molecular complexity index is 2550. The first-order chi connectivity index (χ1) is 35.1. The fourth-order valence-electron chi connectivity index (χ4n) is 8.10. The van der Waals surface area contributed by atoms with Crippen LogP contribution < -0.4 is 30.0 Å². The lowest BCUT2D eigenvalue weighted by molar-refractivity contribution is -0.275. The van der Waals surface area contributed by atoms with Gasteiger partial charge in [-0.2, -0.15) is 0 Å². The molecule has 2 aromatic heterocycles. The topological polar surface area (TPSA) is 162 Å². The minimum Gasteiger partial charge on any atom is -0.492 e. The number of carbonyl (C=O) groups excluding carboxylic acids is 1. The molecule has 1 amide bonds. The molecule has 2 fully saturated rings. The van der Waals surface area contributed by atoms with Crippen molar-refractivity contribution in [3.63, 3.8) is 0 Å². The number of nitrogens with one attached hydrogen (secondary N) is 1. The number of aliphatic carboxylic acids is 1. The van der Waals surface area contributed by atoms with Gasteiger partial charge in [0, 0.05) is 31.4 Å². The number of aromatic nitrogens is 2. The van der Waals surface area contributed by atoms with Crippen molar-refractivity contribution in [1.29, 1.82) is 0 Å². The molecule has 2 atom stereocenters. The molecule has 0 saturated carbocycles. The van der Waals surface area contributed by atoms with E-state index in [1.54, 1.807) is 60.9 Å². The third kappa shape index (κ3) is 20.0. The van der Waals surface area contributed by atoms with Crippen molar-refractivity contribution in [1.82, 2.24) is 25.1 Å². The fourth-order valence-corrected chi connectivity index (χ4v) is 8.10. The van der Waals surface area contributed by atoms with Crippen molar-refractivity contribution in [2.24, 2.45) is 17.6 Å². The van der Waals surface area contributed by atoms with E-state index in [0.717, 1.165) is 63.6 Å². The maximum absolute atomic E-state index is 13.2. The molecular weight excluding hydrogens is 971 g/mol. The number of alkyl halides is 6. The number of nitrogens with zero attached hydrogens (tertiary/aromatic N) is 4. The van der Waals surface area contributed by atoms with Crippen LogP contribution in [0.15, 0.2) is 158 Å². The number of carbonyl (C=O) groups is 2. The van der Waals surface area contributed by atoms with Crippen LogP contribution in [0, 0.1) is 11.8 Å². The molecule has 0 spiro atoms. The van der Waals surface area contributed by atoms with E-state index in [4.69, 9.17) is 20.3 Å². The highest BCUT2D eigenvalue weighted by Gasteiger charge is 2.33. The third-order valence-corrected chi connectivity index (χ3v) is 11.9. The number of nitrogens with two attached hydrogens (primary N) is 1. The second-order valence-electron chi connectivity index (χ2n) is 17.1. The van der Waals surface area contributed by atoms with Gasteiger partial charge in [-0.3, -0.25) is 29.4 Å². The first kappa shape index (κ1) is 57.7. The summed E-state index contributed by atoms with van der Waals surface area (Å²) < 4.78 is 93.9. The number of pyridine rings is 2. The highest BCUT2D eigenvalue weighted by atomic mass is 19.4. The molecule has 2 aliphatic rings. The molecule has 2 unspecified atom stereocenters. The normalized spacial score (nSPS) is 15.3. The van der Waals surface area contributed by atoms with E-state index in [0.29, 0.717) is 48.6 Å². The zero-order valence-electron chi connectivity index (χ0n) is 39.8. The van der Waals surface area contributed by atoms with Gasteiger partial charge in [-0.15, -0.1) is 26.3 Å². The Balaban J connectivity index is 0.000000225. The van der Waals surface area contributed by atoms with Gasteiger partial charge in [-0.1, -0.05) is 80.2 Å². The zero-order chi connectivity index (χ0) is 52.1. The van der Waals surface area contributed by atoms with Gasteiger partial charge >= 0.3 is 18.7 Å². The Morgan fingerprint density at radius 1 is 0.581 bits per heavy atom. The second kappa shape index (κ2) is 28.9. The lowest BCUT2D eigenvalue weighted by Gasteiger charge is -2.32. The van der Waals surface area contributed by atoms with Gasteiger partial charge in [0.2, 0.25) is 5.91 Å². The smallest absolute Gasteiger partial charge is 0.492 e. The Morgan fingerprint density at radius 3 is 1.45 bits per heavy atom. The molecule has 2 saturated heterocycles. The van der Waals surface area contributed by atoms with E-state index in [-0.39, 0.29) is 36.7 Å². The van der Waals surface area contributed by atoms with Crippen LogP contribution in [0.2, 0.25) is 0 Å². The minimum atomic E-state index is -4.80. The fraction of sp³-hybridized carbons (Fsp3) is 0.345. The minimum absolute atomic E-state index is 0. The lowest BCUT2D eigenvalue weighted by atomic mass is 9.94. The van der Waals surface area contributed by atoms with Crippen LogP contribution in [0.4, 0.5) is 26.3 Å². The number of para-hydroxylation sites is 2. The van der Waals surface area contributed by atoms with Crippen LogP contribution in [-0.4, -0.2) is 102 Å². The van der Waals surface area contributed by atoms with Gasteiger partial charge in [-0.25, -0.2) is 0 Å². The number of amides is 1. The van der Waals surface area contributed by atoms with Crippen LogP contribution in [-0.2, 0) is 9.59 Å². The lowest BCUT2D eigenvalue weighted by Crippen LogP contribution is -2.43. The largest absolute Gasteiger partial charge is 0.573 e. The molecule has 19 heteroatoms. The van der Waals surface area contributed by atoms with Crippen LogP contribution in [0.25, 0.3) is 0 Å². The Kier molecular flexibility index (Phi) is 22.5. The van der Waals surface area contributed by atoms with Crippen molar-refractivity contribution >= 4 is 11.9 Å². The number of likely N-dealkylation sites (tertiary alicyclic amines) is 2. The quantitative estimate of drug-likeness (QED) is 0.0743. The number of ether oxygens (including phenoxy) is 4. The number of hydrogen-bond acceptors (Lipinski definition) is 11. The summed E-state index contributed by atoms with van der Waals surface area (Å²) in [6.07, 6.45) is -3.49. The summed E-state index contributed by atoms with van der Waals surface area (Å²) >= 11 is 0. The van der Waals surface area contributed by atoms with Crippen LogP contribution in [0.3, 0.4) is 0 Å². The van der Waals surface area contributed by atoms with E-state index in [1.165, 1.54) is 36.4 Å². The van der Waals surface area contributed by atoms with Crippen molar-refractivity contribution in [2.75, 3.05) is 52.5 Å². The van der Waals surface area contributed by atoms with Crippen LogP contribution in [0.1, 0.15) is 67.7 Å². The predicted molar refractivity (Wildman–Crippen MR) is 267 cm³/mol. The molecule has 396 valence electrons. The zero-order valence-corrected chi connectivity index (χ0v) is 39.8. The third-order valence-electron chi connectivity index (χ3n) is 11.9. The summed E-state index contributed by atoms with van der Waals surface area (Å²) in [5.41, 5.74) is 8.02. The van der Waals surface area contributed by atoms with Crippen LogP contribution >= 0.6 is 0 Å². The van der Waals surface area contributed by atoms with Crippen molar-refractivity contribution in [2.45, 2.75) is 57.9 Å². The van der Waals surface area contributed by atoms with Gasteiger partial charge in [0.15, 0.2) is 0 Å². The maximum Gasteiger partial charge on any atom is 0.573 e. The van der Waals surface area contributed by atoms with Crippen molar-refractivity contribution in [3.05, 3.63) is 181 Å². The number of carboxylic acid groups (broad SMARTS) is 1. The van der Waals surface area contributed by atoms with Gasteiger partial charge in [-0.05, 0) is 136 Å². The molecule has 0 bridgehead atoms. The summed E-state index contributed by atoms with van der Waals surface area (Å²) in [6.45, 7) is 6.09. The average Bonchev–Trinajstić information content (AvgIpc) is 3.39. The van der Waals surface area contributed by atoms with Crippen LogP contribution in [0.5, 0.6) is 23.0 Å². The number of benzene rings is 4. The van der Waals surface area contributed by atoms with E-state index in [2.05, 4.69) is 34.6 Å². The number of carboxylic acids is 1. The monoisotopic (exact) mass is 1030 g/mol. The maximum atomic E-state index is 13.2. The van der Waals surface area contributed by atoms with Crippen molar-refractivity contribution < 1.29 is 60.0 Å². The number of hydrogen-bond donors (Lipinski definition) is 3. The second-order valence-corrected chi connectivity index (χ2v) is 17.1. The van der Waals surface area contributed by atoms with E-state index < -0.39 is 30.8 Å². The molecule has 4 N–H and O–H groups in total. The Hall–Kier alpha value is -7.22. The van der Waals surface area contributed by atoms with Gasteiger partial charge in [0.1, 0.15) is 36.2 Å². The molecular formula is C55H62F6N6O7. The molecule has 2 aliphatic heterocycles. The molecule has 0 aliphatic carbocycles. The number of rotatable bonds is 17. The van der Waals surface area contributed by atoms with E-state index >= 15 is 0 Å². The summed E-state index contributed by atoms with van der Waals surface area (Å²) in [5, 5.41) is 11.9. The Labute approximate surface area is 427 Å². The molecule has 8 rings (SSSR count). The number of halogens is 6. The van der Waals surface area contributed by atoms with E-state index in [9.17, 15) is 35.9 Å². The van der Waals surface area contributed by atoms with Gasteiger partial charge < -0.3 is 35.1 Å². The first-order valence-corrected chi connectivity index (χ1v) is 23.7.